The van der Waals surface area contributed by atoms with Crippen molar-refractivity contribution in [3.63, 3.8) is 0 Å². The molecule has 1 aliphatic rings. The number of hydrogen-bond donors (Lipinski definition) is 2. The van der Waals surface area contributed by atoms with E-state index in [9.17, 15) is 14.7 Å². The molecule has 0 aromatic carbocycles. The van der Waals surface area contributed by atoms with Gasteiger partial charge in [0, 0.05) is 5.75 Å². The molecule has 0 bridgehead atoms. The lowest BCUT2D eigenvalue weighted by Crippen LogP contribution is -2.50. The van der Waals surface area contributed by atoms with Crippen LogP contribution in [0.25, 0.3) is 0 Å². The summed E-state index contributed by atoms with van der Waals surface area (Å²) in [6, 6.07) is -1.20. The van der Waals surface area contributed by atoms with Gasteiger partial charge in [-0.15, -0.1) is 11.8 Å². The molecule has 110 valence electrons. The zero-order valence-corrected chi connectivity index (χ0v) is 11.8. The Kier molecular flexibility index (Phi) is 4.83. The maximum Gasteiger partial charge on any atom is 0.327 e. The van der Waals surface area contributed by atoms with Gasteiger partial charge in [0.25, 0.3) is 0 Å². The average molecular weight is 300 g/mol. The van der Waals surface area contributed by atoms with Gasteiger partial charge < -0.3 is 14.9 Å². The molecule has 1 saturated heterocycles. The summed E-state index contributed by atoms with van der Waals surface area (Å²) in [5.74, 6) is -0.217. The molecule has 2 rings (SSSR count). The Hall–Kier alpha value is -1.77. The number of amides is 2. The lowest BCUT2D eigenvalue weighted by Gasteiger charge is -2.27. The van der Waals surface area contributed by atoms with Crippen molar-refractivity contribution in [3.05, 3.63) is 12.2 Å². The molecule has 2 unspecified atom stereocenters. The van der Waals surface area contributed by atoms with E-state index in [0.717, 1.165) is 12.8 Å². The number of nitrogens with one attached hydrogen (secondary N) is 1. The smallest absolute Gasteiger partial charge is 0.327 e. The lowest BCUT2D eigenvalue weighted by atomic mass is 10.2. The van der Waals surface area contributed by atoms with Crippen molar-refractivity contribution in [1.29, 1.82) is 0 Å². The molecule has 2 heterocycles. The molecule has 1 aliphatic heterocycles. The highest BCUT2D eigenvalue weighted by Gasteiger charge is 2.41. The number of hydrogen-bond acceptors (Lipinski definition) is 6. The van der Waals surface area contributed by atoms with Crippen LogP contribution in [0.2, 0.25) is 0 Å². The number of carboxylic acid groups (broad SMARTS) is 1. The van der Waals surface area contributed by atoms with Crippen molar-refractivity contribution in [2.45, 2.75) is 37.7 Å². The van der Waals surface area contributed by atoms with Crippen molar-refractivity contribution in [2.75, 3.05) is 5.75 Å². The minimum Gasteiger partial charge on any atom is -0.480 e. The van der Waals surface area contributed by atoms with Gasteiger partial charge in [-0.25, -0.2) is 9.59 Å². The first-order valence-electron chi connectivity index (χ1n) is 6.29. The van der Waals surface area contributed by atoms with Crippen LogP contribution in [0.5, 0.6) is 0 Å². The molecule has 0 radical (unpaired) electrons. The van der Waals surface area contributed by atoms with Crippen LogP contribution >= 0.6 is 11.8 Å². The highest BCUT2D eigenvalue weighted by Crippen LogP contribution is 2.32. The lowest BCUT2D eigenvalue weighted by molar-refractivity contribution is -0.141. The Morgan fingerprint density at radius 1 is 1.65 bits per heavy atom. The van der Waals surface area contributed by atoms with Crippen LogP contribution in [-0.2, 0) is 11.3 Å². The zero-order chi connectivity index (χ0) is 14.5. The number of urea groups is 1. The number of thioether (sulfide) groups is 1. The fourth-order valence-corrected chi connectivity index (χ4v) is 3.52. The molecule has 0 aliphatic carbocycles. The second kappa shape index (κ2) is 6.60. The van der Waals surface area contributed by atoms with Crippen molar-refractivity contribution < 1.29 is 19.2 Å². The second-order valence-corrected chi connectivity index (χ2v) is 5.55. The van der Waals surface area contributed by atoms with Gasteiger partial charge in [0.05, 0.1) is 11.9 Å². The highest BCUT2D eigenvalue weighted by molar-refractivity contribution is 8.00. The summed E-state index contributed by atoms with van der Waals surface area (Å²) >= 11 is 1.50. The van der Waals surface area contributed by atoms with Crippen LogP contribution in [0, 0.1) is 0 Å². The molecule has 0 saturated carbocycles. The largest absolute Gasteiger partial charge is 0.480 e. The van der Waals surface area contributed by atoms with Gasteiger partial charge >= 0.3 is 12.0 Å². The third-order valence-electron chi connectivity index (χ3n) is 2.95. The number of carboxylic acids is 1. The zero-order valence-electron chi connectivity index (χ0n) is 11.0. The van der Waals surface area contributed by atoms with Gasteiger partial charge in [-0.3, -0.25) is 4.90 Å². The number of aromatic nitrogens is 2. The number of carbonyl (C=O) groups is 2. The first-order chi connectivity index (χ1) is 9.63. The number of carbonyl (C=O) groups excluding carboxylic acids is 1. The molecule has 2 atom stereocenters. The molecule has 8 nitrogen and oxygen atoms in total. The predicted molar refractivity (Wildman–Crippen MR) is 71.0 cm³/mol. The van der Waals surface area contributed by atoms with E-state index in [4.69, 9.17) is 0 Å². The summed E-state index contributed by atoms with van der Waals surface area (Å²) in [6.45, 7) is 2.12. The SMILES string of the molecule is CCCC1SCC(C(=O)O)N1C(=O)NCc1ncon1. The molecular formula is C11H16N4O4S. The van der Waals surface area contributed by atoms with E-state index in [1.54, 1.807) is 0 Å². The van der Waals surface area contributed by atoms with Gasteiger partial charge in [0.2, 0.25) is 6.39 Å². The number of nitrogens with zero attached hydrogens (tertiary/aromatic N) is 3. The van der Waals surface area contributed by atoms with Crippen LogP contribution in [0.4, 0.5) is 4.79 Å². The van der Waals surface area contributed by atoms with Crippen molar-refractivity contribution >= 4 is 23.8 Å². The van der Waals surface area contributed by atoms with Gasteiger partial charge in [-0.1, -0.05) is 18.5 Å². The Morgan fingerprint density at radius 3 is 3.05 bits per heavy atom. The van der Waals surface area contributed by atoms with Crippen LogP contribution in [0.15, 0.2) is 10.9 Å². The van der Waals surface area contributed by atoms with Crippen LogP contribution < -0.4 is 5.32 Å². The van der Waals surface area contributed by atoms with E-state index in [1.807, 2.05) is 6.92 Å². The first kappa shape index (κ1) is 14.6. The van der Waals surface area contributed by atoms with Crippen molar-refractivity contribution in [1.82, 2.24) is 20.4 Å². The average Bonchev–Trinajstić information content (AvgIpc) is 3.05. The topological polar surface area (TPSA) is 109 Å². The number of rotatable bonds is 5. The molecule has 1 aromatic heterocycles. The Balaban J connectivity index is 2.00. The van der Waals surface area contributed by atoms with E-state index < -0.39 is 18.0 Å². The van der Waals surface area contributed by atoms with Crippen LogP contribution in [-0.4, -0.2) is 49.3 Å². The summed E-state index contributed by atoms with van der Waals surface area (Å²) in [6.07, 6.45) is 2.83. The summed E-state index contributed by atoms with van der Waals surface area (Å²) in [5.41, 5.74) is 0. The summed E-state index contributed by atoms with van der Waals surface area (Å²) < 4.78 is 4.57. The molecule has 2 amide bonds. The monoisotopic (exact) mass is 300 g/mol. The van der Waals surface area contributed by atoms with E-state index in [0.29, 0.717) is 11.6 Å². The van der Waals surface area contributed by atoms with E-state index in [1.165, 1.54) is 23.1 Å². The summed E-state index contributed by atoms with van der Waals surface area (Å²) in [4.78, 5) is 28.6. The molecule has 20 heavy (non-hydrogen) atoms. The fourth-order valence-electron chi connectivity index (χ4n) is 2.01. The maximum atomic E-state index is 12.2. The minimum absolute atomic E-state index is 0.105. The minimum atomic E-state index is -0.981. The normalized spacial score (nSPS) is 21.9. The standard InChI is InChI=1S/C11H16N4O4S/c1-2-3-9-15(7(5-20-9)10(16)17)11(18)12-4-8-13-6-19-14-8/h6-7,9H,2-5H2,1H3,(H,12,18)(H,16,17). The van der Waals surface area contributed by atoms with Gasteiger partial charge in [-0.2, -0.15) is 4.98 Å². The molecule has 2 N–H and O–H groups in total. The van der Waals surface area contributed by atoms with Crippen molar-refractivity contribution in [2.24, 2.45) is 0 Å². The van der Waals surface area contributed by atoms with E-state index in [-0.39, 0.29) is 11.9 Å². The second-order valence-electron chi connectivity index (χ2n) is 4.34. The predicted octanol–water partition coefficient (Wildman–Crippen LogP) is 0.907. The Labute approximate surface area is 119 Å². The van der Waals surface area contributed by atoms with Gasteiger partial charge in [0.1, 0.15) is 6.04 Å². The third-order valence-corrected chi connectivity index (χ3v) is 4.31. The summed E-state index contributed by atoms with van der Waals surface area (Å²) in [5, 5.41) is 15.3. The van der Waals surface area contributed by atoms with E-state index in [2.05, 4.69) is 20.0 Å². The molecule has 0 spiro atoms. The number of aliphatic carboxylic acids is 1. The Bertz CT molecular complexity index is 467. The summed E-state index contributed by atoms with van der Waals surface area (Å²) in [7, 11) is 0. The first-order valence-corrected chi connectivity index (χ1v) is 7.34. The van der Waals surface area contributed by atoms with Gasteiger partial charge in [-0.05, 0) is 6.42 Å². The fraction of sp³-hybridized carbons (Fsp3) is 0.636. The third kappa shape index (κ3) is 3.21. The highest BCUT2D eigenvalue weighted by atomic mass is 32.2. The van der Waals surface area contributed by atoms with Crippen LogP contribution in [0.1, 0.15) is 25.6 Å². The molecule has 9 heteroatoms. The maximum absolute atomic E-state index is 12.2. The Morgan fingerprint density at radius 2 is 2.45 bits per heavy atom. The van der Waals surface area contributed by atoms with Crippen LogP contribution in [0.3, 0.4) is 0 Å². The van der Waals surface area contributed by atoms with E-state index >= 15 is 0 Å². The van der Waals surface area contributed by atoms with Gasteiger partial charge in [0.15, 0.2) is 5.82 Å². The molecular weight excluding hydrogens is 284 g/mol. The molecule has 1 fully saturated rings. The van der Waals surface area contributed by atoms with Crippen molar-refractivity contribution in [3.8, 4) is 0 Å². The quantitative estimate of drug-likeness (QED) is 0.831. The molecule has 1 aromatic rings.